The Morgan fingerprint density at radius 3 is 2.06 bits per heavy atom. The normalized spacial score (nSPS) is 10.5. The molecule has 0 bridgehead atoms. The highest BCUT2D eigenvalue weighted by molar-refractivity contribution is 5.75. The predicted molar refractivity (Wildman–Crippen MR) is 69.4 cm³/mol. The Hall–Kier alpha value is -1.96. The maximum atomic E-state index is 9.95. The van der Waals surface area contributed by atoms with Crippen molar-refractivity contribution >= 4 is 0 Å². The van der Waals surface area contributed by atoms with Gasteiger partial charge < -0.3 is 10.2 Å². The molecule has 88 valence electrons. The number of rotatable bonds is 1. The van der Waals surface area contributed by atoms with Gasteiger partial charge in [-0.05, 0) is 55.2 Å². The lowest BCUT2D eigenvalue weighted by Gasteiger charge is -2.12. The highest BCUT2D eigenvalue weighted by Crippen LogP contribution is 2.36. The molecule has 0 saturated carbocycles. The van der Waals surface area contributed by atoms with Crippen molar-refractivity contribution in [3.05, 3.63) is 47.0 Å². The van der Waals surface area contributed by atoms with E-state index in [2.05, 4.69) is 0 Å². The number of aryl methyl sites for hydroxylation is 2. The third kappa shape index (κ3) is 1.98. The van der Waals surface area contributed by atoms with Gasteiger partial charge in [0.15, 0.2) is 0 Å². The minimum atomic E-state index is 0.247. The second-order valence-electron chi connectivity index (χ2n) is 4.40. The zero-order chi connectivity index (χ0) is 12.6. The van der Waals surface area contributed by atoms with Gasteiger partial charge in [-0.15, -0.1) is 0 Å². The largest absolute Gasteiger partial charge is 0.508 e. The first-order valence-corrected chi connectivity index (χ1v) is 5.60. The first kappa shape index (κ1) is 11.5. The Morgan fingerprint density at radius 2 is 1.41 bits per heavy atom. The van der Waals surface area contributed by atoms with Crippen molar-refractivity contribution < 1.29 is 10.2 Å². The molecule has 0 radical (unpaired) electrons. The number of hydrogen-bond acceptors (Lipinski definition) is 2. The number of phenols is 2. The number of hydrogen-bond donors (Lipinski definition) is 2. The maximum absolute atomic E-state index is 9.95. The lowest BCUT2D eigenvalue weighted by Crippen LogP contribution is -1.89. The lowest BCUT2D eigenvalue weighted by molar-refractivity contribution is 0.470. The van der Waals surface area contributed by atoms with Crippen molar-refractivity contribution in [2.45, 2.75) is 20.8 Å². The monoisotopic (exact) mass is 228 g/mol. The van der Waals surface area contributed by atoms with Crippen LogP contribution in [0.1, 0.15) is 16.7 Å². The third-order valence-corrected chi connectivity index (χ3v) is 3.21. The summed E-state index contributed by atoms with van der Waals surface area (Å²) >= 11 is 0. The Morgan fingerprint density at radius 1 is 0.765 bits per heavy atom. The zero-order valence-electron chi connectivity index (χ0n) is 10.3. The molecule has 2 aromatic rings. The first-order valence-electron chi connectivity index (χ1n) is 5.60. The summed E-state index contributed by atoms with van der Waals surface area (Å²) in [6.07, 6.45) is 0. The Labute approximate surface area is 101 Å². The summed E-state index contributed by atoms with van der Waals surface area (Å²) in [6.45, 7) is 5.83. The first-order chi connectivity index (χ1) is 8.00. The van der Waals surface area contributed by atoms with E-state index in [0.717, 1.165) is 27.8 Å². The highest BCUT2D eigenvalue weighted by atomic mass is 16.3. The Kier molecular flexibility index (Phi) is 2.80. The minimum absolute atomic E-state index is 0.247. The number of benzene rings is 2. The molecule has 0 aliphatic rings. The molecule has 17 heavy (non-hydrogen) atoms. The fraction of sp³-hybridized carbons (Fsp3) is 0.200. The molecule has 0 unspecified atom stereocenters. The second kappa shape index (κ2) is 4.13. The quantitative estimate of drug-likeness (QED) is 0.781. The van der Waals surface area contributed by atoms with Crippen LogP contribution in [0.15, 0.2) is 30.3 Å². The molecule has 0 heterocycles. The molecule has 0 aliphatic carbocycles. The standard InChI is InChI=1S/C15H16O2/c1-9-5-7-13(16)15(11(9)3)12-6-4-10(2)14(17)8-12/h4-8,16-17H,1-3H3. The summed E-state index contributed by atoms with van der Waals surface area (Å²) < 4.78 is 0. The molecule has 0 saturated heterocycles. The van der Waals surface area contributed by atoms with Gasteiger partial charge in [-0.25, -0.2) is 0 Å². The van der Waals surface area contributed by atoms with Crippen LogP contribution in [0.5, 0.6) is 11.5 Å². The van der Waals surface area contributed by atoms with Crippen LogP contribution < -0.4 is 0 Å². The molecule has 0 fully saturated rings. The van der Waals surface area contributed by atoms with Gasteiger partial charge in [0.25, 0.3) is 0 Å². The Balaban J connectivity index is 2.68. The third-order valence-electron chi connectivity index (χ3n) is 3.21. The zero-order valence-corrected chi connectivity index (χ0v) is 10.3. The van der Waals surface area contributed by atoms with E-state index in [1.165, 1.54) is 0 Å². The van der Waals surface area contributed by atoms with Crippen molar-refractivity contribution in [3.8, 4) is 22.6 Å². The molecule has 2 rings (SSSR count). The molecule has 2 nitrogen and oxygen atoms in total. The van der Waals surface area contributed by atoms with Gasteiger partial charge in [0.2, 0.25) is 0 Å². The van der Waals surface area contributed by atoms with Gasteiger partial charge in [-0.3, -0.25) is 0 Å². The summed E-state index contributed by atoms with van der Waals surface area (Å²) in [5.74, 6) is 0.499. The average molecular weight is 228 g/mol. The van der Waals surface area contributed by atoms with E-state index in [4.69, 9.17) is 0 Å². The lowest BCUT2D eigenvalue weighted by atomic mass is 9.95. The second-order valence-corrected chi connectivity index (χ2v) is 4.40. The minimum Gasteiger partial charge on any atom is -0.508 e. The van der Waals surface area contributed by atoms with E-state index in [1.807, 2.05) is 39.0 Å². The van der Waals surface area contributed by atoms with Crippen LogP contribution in [0.25, 0.3) is 11.1 Å². The molecule has 0 atom stereocenters. The summed E-state index contributed by atoms with van der Waals surface area (Å²) in [5, 5.41) is 19.7. The fourth-order valence-electron chi connectivity index (χ4n) is 1.93. The van der Waals surface area contributed by atoms with Crippen LogP contribution in [0, 0.1) is 20.8 Å². The molecular weight excluding hydrogens is 212 g/mol. The summed E-state index contributed by atoms with van der Waals surface area (Å²) in [7, 11) is 0. The van der Waals surface area contributed by atoms with E-state index >= 15 is 0 Å². The van der Waals surface area contributed by atoms with Crippen LogP contribution in [0.4, 0.5) is 0 Å². The molecule has 2 aromatic carbocycles. The van der Waals surface area contributed by atoms with Gasteiger partial charge in [0.1, 0.15) is 11.5 Å². The summed E-state index contributed by atoms with van der Waals surface area (Å²) in [5.41, 5.74) is 4.62. The fourth-order valence-corrected chi connectivity index (χ4v) is 1.93. The van der Waals surface area contributed by atoms with Gasteiger partial charge in [-0.1, -0.05) is 18.2 Å². The maximum Gasteiger partial charge on any atom is 0.123 e. The molecule has 2 N–H and O–H groups in total. The Bertz CT molecular complexity index is 571. The molecule has 0 amide bonds. The van der Waals surface area contributed by atoms with Crippen molar-refractivity contribution in [1.82, 2.24) is 0 Å². The van der Waals surface area contributed by atoms with Crippen molar-refractivity contribution in [2.75, 3.05) is 0 Å². The molecule has 2 heteroatoms. The smallest absolute Gasteiger partial charge is 0.123 e. The molecule has 0 spiro atoms. The van der Waals surface area contributed by atoms with E-state index < -0.39 is 0 Å². The van der Waals surface area contributed by atoms with Crippen molar-refractivity contribution in [1.29, 1.82) is 0 Å². The van der Waals surface area contributed by atoms with Gasteiger partial charge in [-0.2, -0.15) is 0 Å². The van der Waals surface area contributed by atoms with Gasteiger partial charge in [0, 0.05) is 5.56 Å². The number of aromatic hydroxyl groups is 2. The van der Waals surface area contributed by atoms with E-state index in [0.29, 0.717) is 0 Å². The van der Waals surface area contributed by atoms with Crippen molar-refractivity contribution in [2.24, 2.45) is 0 Å². The van der Waals surface area contributed by atoms with Crippen LogP contribution in [-0.4, -0.2) is 10.2 Å². The average Bonchev–Trinajstić information content (AvgIpc) is 2.29. The van der Waals surface area contributed by atoms with Gasteiger partial charge >= 0.3 is 0 Å². The highest BCUT2D eigenvalue weighted by Gasteiger charge is 2.10. The predicted octanol–water partition coefficient (Wildman–Crippen LogP) is 3.69. The van der Waals surface area contributed by atoms with Crippen molar-refractivity contribution in [3.63, 3.8) is 0 Å². The van der Waals surface area contributed by atoms with Crippen LogP contribution in [0.3, 0.4) is 0 Å². The van der Waals surface area contributed by atoms with Crippen LogP contribution in [0.2, 0.25) is 0 Å². The van der Waals surface area contributed by atoms with Gasteiger partial charge in [0.05, 0.1) is 0 Å². The molecule has 0 aliphatic heterocycles. The SMILES string of the molecule is Cc1ccc(-c2c(O)ccc(C)c2C)cc1O. The van der Waals surface area contributed by atoms with E-state index in [-0.39, 0.29) is 11.5 Å². The summed E-state index contributed by atoms with van der Waals surface area (Å²) in [6, 6.07) is 9.04. The van der Waals surface area contributed by atoms with Crippen LogP contribution in [-0.2, 0) is 0 Å². The van der Waals surface area contributed by atoms with E-state index in [1.54, 1.807) is 12.1 Å². The summed E-state index contributed by atoms with van der Waals surface area (Å²) in [4.78, 5) is 0. The van der Waals surface area contributed by atoms with E-state index in [9.17, 15) is 10.2 Å². The molecule has 0 aromatic heterocycles. The topological polar surface area (TPSA) is 40.5 Å². The number of phenolic OH excluding ortho intramolecular Hbond substituents is 2. The molecular formula is C15H16O2. The van der Waals surface area contributed by atoms with Crippen LogP contribution >= 0.6 is 0 Å².